The lowest BCUT2D eigenvalue weighted by molar-refractivity contribution is -0.121. The quantitative estimate of drug-likeness (QED) is 0.557. The number of oxazole rings is 1. The first-order valence-electron chi connectivity index (χ1n) is 10.5. The highest BCUT2D eigenvalue weighted by molar-refractivity contribution is 5.76. The summed E-state index contributed by atoms with van der Waals surface area (Å²) in [5, 5.41) is 3.03. The van der Waals surface area contributed by atoms with E-state index in [1.165, 1.54) is 11.1 Å². The van der Waals surface area contributed by atoms with Crippen molar-refractivity contribution in [3.05, 3.63) is 71.2 Å². The smallest absolute Gasteiger partial charge is 0.220 e. The highest BCUT2D eigenvalue weighted by Gasteiger charge is 2.16. The van der Waals surface area contributed by atoms with E-state index < -0.39 is 0 Å². The van der Waals surface area contributed by atoms with Gasteiger partial charge in [0.2, 0.25) is 5.91 Å². The number of ether oxygens (including phenoxy) is 1. The molecule has 0 saturated carbocycles. The Morgan fingerprint density at radius 3 is 2.68 bits per heavy atom. The minimum atomic E-state index is -0.0272. The lowest BCUT2D eigenvalue weighted by Gasteiger charge is -2.25. The van der Waals surface area contributed by atoms with Crippen LogP contribution in [0, 0.1) is 13.8 Å². The third kappa shape index (κ3) is 5.95. The number of carbonyl (C=O) groups is 1. The van der Waals surface area contributed by atoms with Crippen LogP contribution in [0.4, 0.5) is 0 Å². The molecule has 164 valence electrons. The second kappa shape index (κ2) is 10.3. The predicted molar refractivity (Wildman–Crippen MR) is 122 cm³/mol. The van der Waals surface area contributed by atoms with Gasteiger partial charge in [-0.2, -0.15) is 0 Å². The zero-order valence-corrected chi connectivity index (χ0v) is 18.9. The number of aromatic nitrogens is 1. The zero-order valence-electron chi connectivity index (χ0n) is 18.9. The van der Waals surface area contributed by atoms with Gasteiger partial charge >= 0.3 is 0 Å². The molecule has 0 aliphatic rings. The van der Waals surface area contributed by atoms with Crippen molar-refractivity contribution in [3.63, 3.8) is 0 Å². The van der Waals surface area contributed by atoms with E-state index in [2.05, 4.69) is 41.2 Å². The molecule has 1 aromatic heterocycles. The standard InChI is InChI=1S/C25H31N3O3/c1-17-9-10-20(13-18(17)2)23-16-27-25(31-23)12-11-24(29)26-15-22(28(3)4)19-7-6-8-21(14-19)30-5/h6-10,13-14,16,22H,11-12,15H2,1-5H3,(H,26,29). The first-order valence-corrected chi connectivity index (χ1v) is 10.5. The summed E-state index contributed by atoms with van der Waals surface area (Å²) in [5.41, 5.74) is 4.54. The number of nitrogens with zero attached hydrogens (tertiary/aromatic N) is 2. The van der Waals surface area contributed by atoms with E-state index in [0.29, 0.717) is 25.3 Å². The molecule has 1 atom stereocenters. The Morgan fingerprint density at radius 2 is 1.97 bits per heavy atom. The van der Waals surface area contributed by atoms with E-state index in [0.717, 1.165) is 22.6 Å². The van der Waals surface area contributed by atoms with Crippen LogP contribution in [0.5, 0.6) is 5.75 Å². The van der Waals surface area contributed by atoms with Crippen LogP contribution in [0.2, 0.25) is 0 Å². The van der Waals surface area contributed by atoms with Crippen molar-refractivity contribution in [2.75, 3.05) is 27.7 Å². The normalized spacial score (nSPS) is 12.1. The van der Waals surface area contributed by atoms with E-state index in [1.807, 2.05) is 44.4 Å². The van der Waals surface area contributed by atoms with E-state index in [9.17, 15) is 4.79 Å². The molecular formula is C25H31N3O3. The van der Waals surface area contributed by atoms with Crippen LogP contribution in [-0.4, -0.2) is 43.5 Å². The number of nitrogens with one attached hydrogen (secondary N) is 1. The van der Waals surface area contributed by atoms with Crippen LogP contribution >= 0.6 is 0 Å². The Labute approximate surface area is 184 Å². The fraction of sp³-hybridized carbons (Fsp3) is 0.360. The Balaban J connectivity index is 1.55. The summed E-state index contributed by atoms with van der Waals surface area (Å²) in [6.07, 6.45) is 2.51. The third-order valence-electron chi connectivity index (χ3n) is 5.51. The minimum Gasteiger partial charge on any atom is -0.497 e. The minimum absolute atomic E-state index is 0.0272. The van der Waals surface area contributed by atoms with Crippen molar-refractivity contribution in [1.82, 2.24) is 15.2 Å². The summed E-state index contributed by atoms with van der Waals surface area (Å²) in [4.78, 5) is 18.9. The lowest BCUT2D eigenvalue weighted by atomic mass is 10.1. The van der Waals surface area contributed by atoms with Crippen LogP contribution in [-0.2, 0) is 11.2 Å². The van der Waals surface area contributed by atoms with Crippen molar-refractivity contribution >= 4 is 5.91 Å². The Morgan fingerprint density at radius 1 is 1.16 bits per heavy atom. The number of amides is 1. The van der Waals surface area contributed by atoms with Gasteiger partial charge in [-0.25, -0.2) is 4.98 Å². The lowest BCUT2D eigenvalue weighted by Crippen LogP contribution is -2.34. The molecule has 1 N–H and O–H groups in total. The molecule has 6 heteroatoms. The van der Waals surface area contributed by atoms with E-state index in [1.54, 1.807) is 13.3 Å². The van der Waals surface area contributed by atoms with Gasteiger partial charge in [0.15, 0.2) is 11.7 Å². The fourth-order valence-corrected chi connectivity index (χ4v) is 3.42. The molecule has 0 aliphatic carbocycles. The number of aryl methyl sites for hydroxylation is 3. The monoisotopic (exact) mass is 421 g/mol. The van der Waals surface area contributed by atoms with Crippen molar-refractivity contribution in [2.24, 2.45) is 0 Å². The summed E-state index contributed by atoms with van der Waals surface area (Å²) in [5.74, 6) is 2.07. The molecule has 31 heavy (non-hydrogen) atoms. The van der Waals surface area contributed by atoms with E-state index in [-0.39, 0.29) is 11.9 Å². The van der Waals surface area contributed by atoms with Crippen molar-refractivity contribution in [3.8, 4) is 17.1 Å². The van der Waals surface area contributed by atoms with Crippen LogP contribution in [0.25, 0.3) is 11.3 Å². The molecule has 6 nitrogen and oxygen atoms in total. The summed E-state index contributed by atoms with van der Waals surface area (Å²) in [7, 11) is 5.65. The number of carbonyl (C=O) groups excluding carboxylic acids is 1. The molecule has 1 heterocycles. The van der Waals surface area contributed by atoms with Gasteiger partial charge in [-0.05, 0) is 62.8 Å². The molecule has 1 unspecified atom stereocenters. The molecule has 3 rings (SSSR count). The second-order valence-corrected chi connectivity index (χ2v) is 7.98. The van der Waals surface area contributed by atoms with Gasteiger partial charge in [-0.15, -0.1) is 0 Å². The third-order valence-corrected chi connectivity index (χ3v) is 5.51. The summed E-state index contributed by atoms with van der Waals surface area (Å²) in [6.45, 7) is 4.67. The molecular weight excluding hydrogens is 390 g/mol. The van der Waals surface area contributed by atoms with Crippen molar-refractivity contribution in [2.45, 2.75) is 32.7 Å². The molecule has 0 radical (unpaired) electrons. The van der Waals surface area contributed by atoms with Crippen LogP contribution in [0.1, 0.15) is 35.0 Å². The topological polar surface area (TPSA) is 67.6 Å². The number of hydrogen-bond acceptors (Lipinski definition) is 5. The Hall–Kier alpha value is -3.12. The van der Waals surface area contributed by atoms with E-state index >= 15 is 0 Å². The van der Waals surface area contributed by atoms with Crippen molar-refractivity contribution < 1.29 is 13.9 Å². The van der Waals surface area contributed by atoms with Crippen LogP contribution < -0.4 is 10.1 Å². The van der Waals surface area contributed by atoms with Gasteiger partial charge in [0.05, 0.1) is 19.3 Å². The Bertz CT molecular complexity index is 1030. The number of likely N-dealkylation sites (N-methyl/N-ethyl adjacent to an activating group) is 1. The van der Waals surface area contributed by atoms with Gasteiger partial charge in [-0.1, -0.05) is 24.3 Å². The number of benzene rings is 2. The molecule has 2 aromatic carbocycles. The average molecular weight is 422 g/mol. The molecule has 1 amide bonds. The summed E-state index contributed by atoms with van der Waals surface area (Å²) < 4.78 is 11.2. The largest absolute Gasteiger partial charge is 0.497 e. The van der Waals surface area contributed by atoms with Gasteiger partial charge in [-0.3, -0.25) is 4.79 Å². The predicted octanol–water partition coefficient (Wildman–Crippen LogP) is 4.32. The molecule has 0 spiro atoms. The zero-order chi connectivity index (χ0) is 22.4. The second-order valence-electron chi connectivity index (χ2n) is 7.98. The van der Waals surface area contributed by atoms with Gasteiger partial charge < -0.3 is 19.4 Å². The van der Waals surface area contributed by atoms with Crippen LogP contribution in [0.15, 0.2) is 53.1 Å². The maximum atomic E-state index is 12.4. The van der Waals surface area contributed by atoms with Gasteiger partial charge in [0, 0.05) is 24.9 Å². The molecule has 0 fully saturated rings. The average Bonchev–Trinajstić information content (AvgIpc) is 3.23. The first-order chi connectivity index (χ1) is 14.9. The maximum Gasteiger partial charge on any atom is 0.220 e. The number of hydrogen-bond donors (Lipinski definition) is 1. The first kappa shape index (κ1) is 22.6. The molecule has 0 saturated heterocycles. The molecule has 3 aromatic rings. The summed E-state index contributed by atoms with van der Waals surface area (Å²) in [6, 6.07) is 14.2. The summed E-state index contributed by atoms with van der Waals surface area (Å²) >= 11 is 0. The molecule has 0 bridgehead atoms. The molecule has 0 aliphatic heterocycles. The fourth-order valence-electron chi connectivity index (χ4n) is 3.42. The highest BCUT2D eigenvalue weighted by Crippen LogP contribution is 2.24. The number of rotatable bonds is 9. The maximum absolute atomic E-state index is 12.4. The highest BCUT2D eigenvalue weighted by atomic mass is 16.5. The van der Waals surface area contributed by atoms with Gasteiger partial charge in [0.1, 0.15) is 5.75 Å². The Kier molecular flexibility index (Phi) is 7.47. The SMILES string of the molecule is COc1cccc(C(CNC(=O)CCc2ncc(-c3ccc(C)c(C)c3)o2)N(C)C)c1. The number of methoxy groups -OCH3 is 1. The van der Waals surface area contributed by atoms with E-state index in [4.69, 9.17) is 9.15 Å². The van der Waals surface area contributed by atoms with Crippen LogP contribution in [0.3, 0.4) is 0 Å². The van der Waals surface area contributed by atoms with Crippen molar-refractivity contribution in [1.29, 1.82) is 0 Å². The van der Waals surface area contributed by atoms with Gasteiger partial charge in [0.25, 0.3) is 0 Å².